The quantitative estimate of drug-likeness (QED) is 0.595. The molecule has 1 N–H and O–H groups in total. The highest BCUT2D eigenvalue weighted by molar-refractivity contribution is 7.83. The summed E-state index contributed by atoms with van der Waals surface area (Å²) >= 11 is -1.71. The van der Waals surface area contributed by atoms with E-state index in [0.717, 1.165) is 19.3 Å². The van der Waals surface area contributed by atoms with Crippen molar-refractivity contribution in [3.05, 3.63) is 11.0 Å². The zero-order chi connectivity index (χ0) is 7.56. The van der Waals surface area contributed by atoms with Gasteiger partial charge in [-0.3, -0.25) is 0 Å². The van der Waals surface area contributed by atoms with Crippen LogP contribution in [0.5, 0.6) is 0 Å². The predicted molar refractivity (Wildman–Crippen MR) is 41.9 cm³/mol. The van der Waals surface area contributed by atoms with Gasteiger partial charge in [0.2, 0.25) is 0 Å². The number of hydrogen-bond donors (Lipinski definition) is 1. The first kappa shape index (κ1) is 7.95. The van der Waals surface area contributed by atoms with Crippen LogP contribution in [0.15, 0.2) is 11.0 Å². The smallest absolute Gasteiger partial charge is 0.181 e. The fourth-order valence-corrected chi connectivity index (χ4v) is 1.89. The van der Waals surface area contributed by atoms with Crippen LogP contribution in [0.2, 0.25) is 0 Å². The molecule has 1 rings (SSSR count). The van der Waals surface area contributed by atoms with Gasteiger partial charge in [-0.2, -0.15) is 0 Å². The molecule has 0 saturated carbocycles. The Morgan fingerprint density at radius 2 is 2.50 bits per heavy atom. The molecule has 0 fully saturated rings. The van der Waals surface area contributed by atoms with Gasteiger partial charge in [0.05, 0.1) is 0 Å². The molecule has 0 heterocycles. The van der Waals surface area contributed by atoms with Crippen molar-refractivity contribution in [2.75, 3.05) is 0 Å². The Labute approximate surface area is 63.6 Å². The average molecular weight is 160 g/mol. The van der Waals surface area contributed by atoms with E-state index in [1.807, 2.05) is 6.08 Å². The van der Waals surface area contributed by atoms with Crippen molar-refractivity contribution in [2.45, 2.75) is 26.2 Å². The van der Waals surface area contributed by atoms with Gasteiger partial charge in [0.25, 0.3) is 0 Å². The molecule has 3 heteroatoms. The molecule has 10 heavy (non-hydrogen) atoms. The van der Waals surface area contributed by atoms with Crippen molar-refractivity contribution in [3.8, 4) is 0 Å². The maximum atomic E-state index is 10.5. The van der Waals surface area contributed by atoms with E-state index >= 15 is 0 Å². The largest absolute Gasteiger partial charge is 0.302 e. The second kappa shape index (κ2) is 3.30. The molecule has 0 aromatic heterocycles. The lowest BCUT2D eigenvalue weighted by Gasteiger charge is -2.15. The summed E-state index contributed by atoms with van der Waals surface area (Å²) < 4.78 is 19.2. The molecule has 1 aliphatic rings. The molecule has 2 unspecified atom stereocenters. The van der Waals surface area contributed by atoms with Gasteiger partial charge in [-0.1, -0.05) is 13.0 Å². The van der Waals surface area contributed by atoms with Crippen LogP contribution in [0.1, 0.15) is 26.2 Å². The van der Waals surface area contributed by atoms with Crippen LogP contribution in [-0.4, -0.2) is 8.76 Å². The van der Waals surface area contributed by atoms with E-state index in [-0.39, 0.29) is 0 Å². The van der Waals surface area contributed by atoms with Crippen molar-refractivity contribution in [3.63, 3.8) is 0 Å². The van der Waals surface area contributed by atoms with Crippen LogP contribution in [0.3, 0.4) is 0 Å². The van der Waals surface area contributed by atoms with Gasteiger partial charge in [-0.25, -0.2) is 4.21 Å². The zero-order valence-electron chi connectivity index (χ0n) is 6.04. The summed E-state index contributed by atoms with van der Waals surface area (Å²) in [5.41, 5.74) is 0. The SMILES string of the molecule is CC1CCC=C(S(=O)O)C1. The third-order valence-corrected chi connectivity index (χ3v) is 2.59. The molecular weight excluding hydrogens is 148 g/mol. The third kappa shape index (κ3) is 1.92. The second-order valence-electron chi connectivity index (χ2n) is 2.81. The molecule has 0 spiro atoms. The van der Waals surface area contributed by atoms with Gasteiger partial charge in [-0.05, 0) is 25.2 Å². The summed E-state index contributed by atoms with van der Waals surface area (Å²) in [5.74, 6) is 0.580. The summed E-state index contributed by atoms with van der Waals surface area (Å²) in [6.07, 6.45) is 4.79. The summed E-state index contributed by atoms with van der Waals surface area (Å²) in [4.78, 5) is 0.707. The fourth-order valence-electron chi connectivity index (χ4n) is 1.20. The van der Waals surface area contributed by atoms with Crippen LogP contribution in [0.4, 0.5) is 0 Å². The molecule has 0 amide bonds. The molecule has 0 aromatic carbocycles. The van der Waals surface area contributed by atoms with E-state index in [0.29, 0.717) is 10.8 Å². The van der Waals surface area contributed by atoms with Crippen molar-refractivity contribution < 1.29 is 8.76 Å². The predicted octanol–water partition coefficient (Wildman–Crippen LogP) is 1.91. The molecular formula is C7H12O2S. The summed E-state index contributed by atoms with van der Waals surface area (Å²) in [6, 6.07) is 0. The highest BCUT2D eigenvalue weighted by atomic mass is 32.2. The molecule has 0 saturated heterocycles. The standard InChI is InChI=1S/C7H12O2S/c1-6-3-2-4-7(5-6)10(8)9/h4,6H,2-3,5H2,1H3,(H,8,9). The summed E-state index contributed by atoms with van der Waals surface area (Å²) in [6.45, 7) is 2.11. The van der Waals surface area contributed by atoms with E-state index in [4.69, 9.17) is 4.55 Å². The number of hydrogen-bond acceptors (Lipinski definition) is 1. The normalized spacial score (nSPS) is 29.4. The number of rotatable bonds is 1. The third-order valence-electron chi connectivity index (χ3n) is 1.81. The zero-order valence-corrected chi connectivity index (χ0v) is 6.86. The first-order valence-corrected chi connectivity index (χ1v) is 4.60. The van der Waals surface area contributed by atoms with Crippen LogP contribution in [0.25, 0.3) is 0 Å². The van der Waals surface area contributed by atoms with Crippen LogP contribution >= 0.6 is 0 Å². The lowest BCUT2D eigenvalue weighted by molar-refractivity contribution is 0.508. The van der Waals surface area contributed by atoms with Crippen molar-refractivity contribution in [1.29, 1.82) is 0 Å². The Kier molecular flexibility index (Phi) is 2.63. The summed E-state index contributed by atoms with van der Waals surface area (Å²) in [5, 5.41) is 0. The Morgan fingerprint density at radius 1 is 1.80 bits per heavy atom. The summed E-state index contributed by atoms with van der Waals surface area (Å²) in [7, 11) is 0. The second-order valence-corrected chi connectivity index (χ2v) is 3.83. The lowest BCUT2D eigenvalue weighted by Crippen LogP contribution is -2.05. The Hall–Kier alpha value is -0.150. The van der Waals surface area contributed by atoms with Crippen LogP contribution < -0.4 is 0 Å². The first-order valence-electron chi connectivity index (χ1n) is 3.50. The maximum absolute atomic E-state index is 10.5. The molecule has 1 aliphatic carbocycles. The van der Waals surface area contributed by atoms with Crippen LogP contribution in [0, 0.1) is 5.92 Å². The minimum Gasteiger partial charge on any atom is -0.302 e. The van der Waals surface area contributed by atoms with Gasteiger partial charge in [-0.15, -0.1) is 0 Å². The molecule has 58 valence electrons. The Balaban J connectivity index is 2.60. The minimum absolute atomic E-state index is 0.580. The Morgan fingerprint density at radius 3 is 2.90 bits per heavy atom. The van der Waals surface area contributed by atoms with Gasteiger partial charge in [0.1, 0.15) is 0 Å². The van der Waals surface area contributed by atoms with Gasteiger partial charge < -0.3 is 4.55 Å². The van der Waals surface area contributed by atoms with E-state index in [9.17, 15) is 4.21 Å². The van der Waals surface area contributed by atoms with E-state index in [2.05, 4.69) is 6.92 Å². The molecule has 2 atom stereocenters. The Bertz CT molecular complexity index is 174. The molecule has 0 aliphatic heterocycles. The van der Waals surface area contributed by atoms with Crippen LogP contribution in [-0.2, 0) is 11.1 Å². The van der Waals surface area contributed by atoms with E-state index in [1.165, 1.54) is 0 Å². The van der Waals surface area contributed by atoms with Crippen molar-refractivity contribution in [1.82, 2.24) is 0 Å². The molecule has 0 aromatic rings. The molecule has 0 radical (unpaired) electrons. The van der Waals surface area contributed by atoms with Crippen molar-refractivity contribution >= 4 is 11.1 Å². The first-order chi connectivity index (χ1) is 4.70. The molecule has 2 nitrogen and oxygen atoms in total. The molecule has 0 bridgehead atoms. The average Bonchev–Trinajstić information content (AvgIpc) is 1.88. The number of allylic oxidation sites excluding steroid dienone is 2. The van der Waals surface area contributed by atoms with Gasteiger partial charge in [0.15, 0.2) is 11.1 Å². The minimum atomic E-state index is -1.71. The fraction of sp³-hybridized carbons (Fsp3) is 0.714. The highest BCUT2D eigenvalue weighted by Gasteiger charge is 2.13. The lowest BCUT2D eigenvalue weighted by atomic mass is 9.96. The van der Waals surface area contributed by atoms with Gasteiger partial charge >= 0.3 is 0 Å². The highest BCUT2D eigenvalue weighted by Crippen LogP contribution is 2.24. The van der Waals surface area contributed by atoms with E-state index < -0.39 is 11.1 Å². The maximum Gasteiger partial charge on any atom is 0.181 e. The van der Waals surface area contributed by atoms with Crippen molar-refractivity contribution in [2.24, 2.45) is 5.92 Å². The van der Waals surface area contributed by atoms with E-state index in [1.54, 1.807) is 0 Å². The topological polar surface area (TPSA) is 37.3 Å². The monoisotopic (exact) mass is 160 g/mol. The van der Waals surface area contributed by atoms with Gasteiger partial charge in [0, 0.05) is 4.91 Å².